The Balaban J connectivity index is 1.50. The van der Waals surface area contributed by atoms with Crippen LogP contribution in [0.25, 0.3) is 0 Å². The quantitative estimate of drug-likeness (QED) is 0.686. The Bertz CT molecular complexity index is 804. The second kappa shape index (κ2) is 9.69. The molecule has 0 unspecified atom stereocenters. The number of nitrogens with zero attached hydrogens (tertiary/aromatic N) is 2. The van der Waals surface area contributed by atoms with E-state index in [0.29, 0.717) is 19.5 Å². The van der Waals surface area contributed by atoms with Gasteiger partial charge in [0.05, 0.1) is 29.6 Å². The molecule has 168 valence electrons. The van der Waals surface area contributed by atoms with Crippen LogP contribution in [0.15, 0.2) is 24.3 Å². The van der Waals surface area contributed by atoms with E-state index in [9.17, 15) is 13.2 Å². The van der Waals surface area contributed by atoms with Gasteiger partial charge < -0.3 is 14.5 Å². The summed E-state index contributed by atoms with van der Waals surface area (Å²) in [5, 5.41) is -0.330. The van der Waals surface area contributed by atoms with E-state index in [-0.39, 0.29) is 35.0 Å². The zero-order valence-corrected chi connectivity index (χ0v) is 19.5. The van der Waals surface area contributed by atoms with Crippen LogP contribution in [0.4, 0.5) is 5.69 Å². The number of morpholine rings is 1. The van der Waals surface area contributed by atoms with Crippen molar-refractivity contribution in [3.63, 3.8) is 0 Å². The molecule has 0 aliphatic carbocycles. The normalized spacial score (nSPS) is 23.8. The highest BCUT2D eigenvalue weighted by Crippen LogP contribution is 2.23. The van der Waals surface area contributed by atoms with Crippen LogP contribution in [0.2, 0.25) is 0 Å². The number of benzene rings is 1. The lowest BCUT2D eigenvalue weighted by Gasteiger charge is -2.37. The Hall–Kier alpha value is -1.60. The van der Waals surface area contributed by atoms with E-state index < -0.39 is 9.84 Å². The number of rotatable bonds is 6. The molecule has 3 rings (SSSR count). The number of amides is 1. The van der Waals surface area contributed by atoms with Crippen molar-refractivity contribution in [3.8, 4) is 0 Å². The fourth-order valence-electron chi connectivity index (χ4n) is 4.37. The van der Waals surface area contributed by atoms with Gasteiger partial charge in [0, 0.05) is 31.9 Å². The SMILES string of the molecule is CC(C)S(=O)(=O)CC1CCN(C(=O)Cc2ccc(N3C[C@@H](C)O[C@H](C)C3)cc2)CC1. The second-order valence-corrected chi connectivity index (χ2v) is 11.8. The Morgan fingerprint density at radius 3 is 2.17 bits per heavy atom. The Morgan fingerprint density at radius 2 is 1.63 bits per heavy atom. The summed E-state index contributed by atoms with van der Waals surface area (Å²) in [5.41, 5.74) is 2.18. The second-order valence-electron chi connectivity index (χ2n) is 9.21. The molecule has 2 heterocycles. The van der Waals surface area contributed by atoms with Crippen LogP contribution in [0.5, 0.6) is 0 Å². The van der Waals surface area contributed by atoms with E-state index in [0.717, 1.165) is 31.5 Å². The topological polar surface area (TPSA) is 66.9 Å². The molecule has 0 radical (unpaired) electrons. The minimum absolute atomic E-state index is 0.126. The summed E-state index contributed by atoms with van der Waals surface area (Å²) in [7, 11) is -3.02. The van der Waals surface area contributed by atoms with Crippen LogP contribution < -0.4 is 4.90 Å². The molecule has 6 nitrogen and oxygen atoms in total. The molecular weight excluding hydrogens is 400 g/mol. The van der Waals surface area contributed by atoms with E-state index >= 15 is 0 Å². The van der Waals surface area contributed by atoms with Crippen LogP contribution in [0.3, 0.4) is 0 Å². The van der Waals surface area contributed by atoms with Gasteiger partial charge >= 0.3 is 0 Å². The maximum atomic E-state index is 12.7. The highest BCUT2D eigenvalue weighted by atomic mass is 32.2. The predicted molar refractivity (Wildman–Crippen MR) is 121 cm³/mol. The minimum atomic E-state index is -3.02. The molecule has 7 heteroatoms. The smallest absolute Gasteiger partial charge is 0.226 e. The number of hydrogen-bond donors (Lipinski definition) is 0. The van der Waals surface area contributed by atoms with Crippen molar-refractivity contribution in [2.45, 2.75) is 64.4 Å². The van der Waals surface area contributed by atoms with E-state index in [4.69, 9.17) is 4.74 Å². The number of carbonyl (C=O) groups is 1. The fourth-order valence-corrected chi connectivity index (χ4v) is 5.75. The van der Waals surface area contributed by atoms with Gasteiger partial charge in [-0.15, -0.1) is 0 Å². The Morgan fingerprint density at radius 1 is 1.07 bits per heavy atom. The molecule has 1 aromatic carbocycles. The summed E-state index contributed by atoms with van der Waals surface area (Å²) >= 11 is 0. The highest BCUT2D eigenvalue weighted by molar-refractivity contribution is 7.91. The zero-order chi connectivity index (χ0) is 21.9. The molecule has 0 bridgehead atoms. The van der Waals surface area contributed by atoms with Crippen molar-refractivity contribution < 1.29 is 17.9 Å². The standard InChI is InChI=1S/C23H36N2O4S/c1-17(2)30(27,28)16-21-9-11-24(12-10-21)23(26)13-20-5-7-22(8-6-20)25-14-18(3)29-19(4)15-25/h5-8,17-19,21H,9-16H2,1-4H3/t18-,19-/m1/s1. The molecule has 0 N–H and O–H groups in total. The van der Waals surface area contributed by atoms with E-state index in [2.05, 4.69) is 30.9 Å². The van der Waals surface area contributed by atoms with Gasteiger partial charge in [-0.2, -0.15) is 0 Å². The maximum Gasteiger partial charge on any atom is 0.226 e. The monoisotopic (exact) mass is 436 g/mol. The molecule has 2 atom stereocenters. The van der Waals surface area contributed by atoms with Gasteiger partial charge in [-0.05, 0) is 64.2 Å². The van der Waals surface area contributed by atoms with Gasteiger partial charge in [-0.25, -0.2) is 8.42 Å². The van der Waals surface area contributed by atoms with Gasteiger partial charge in [-0.1, -0.05) is 12.1 Å². The largest absolute Gasteiger partial charge is 0.372 e. The first kappa shape index (κ1) is 23.1. The molecule has 2 fully saturated rings. The molecule has 2 aliphatic heterocycles. The van der Waals surface area contributed by atoms with Crippen molar-refractivity contribution in [2.24, 2.45) is 5.92 Å². The molecule has 0 spiro atoms. The molecule has 2 saturated heterocycles. The van der Waals surface area contributed by atoms with E-state index in [1.54, 1.807) is 13.8 Å². The molecule has 1 aromatic rings. The van der Waals surface area contributed by atoms with Gasteiger partial charge in [-0.3, -0.25) is 4.79 Å². The summed E-state index contributed by atoms with van der Waals surface area (Å²) in [4.78, 5) is 16.9. The third kappa shape index (κ3) is 5.97. The van der Waals surface area contributed by atoms with E-state index in [1.807, 2.05) is 17.0 Å². The van der Waals surface area contributed by atoms with Gasteiger partial charge in [0.1, 0.15) is 0 Å². The molecule has 0 saturated carbocycles. The molecule has 2 aliphatic rings. The third-order valence-corrected chi connectivity index (χ3v) is 8.60. The Labute approximate surface area is 181 Å². The van der Waals surface area contributed by atoms with Crippen LogP contribution >= 0.6 is 0 Å². The van der Waals surface area contributed by atoms with Crippen molar-refractivity contribution in [2.75, 3.05) is 36.8 Å². The first-order valence-electron chi connectivity index (χ1n) is 11.1. The highest BCUT2D eigenvalue weighted by Gasteiger charge is 2.28. The van der Waals surface area contributed by atoms with Crippen LogP contribution in [0.1, 0.15) is 46.1 Å². The average Bonchev–Trinajstić information content (AvgIpc) is 2.68. The third-order valence-electron chi connectivity index (χ3n) is 6.23. The summed E-state index contributed by atoms with van der Waals surface area (Å²) < 4.78 is 30.1. The lowest BCUT2D eigenvalue weighted by atomic mass is 9.98. The predicted octanol–water partition coefficient (Wildman–Crippen LogP) is 2.90. The van der Waals surface area contributed by atoms with Gasteiger partial charge in [0.2, 0.25) is 5.91 Å². The zero-order valence-electron chi connectivity index (χ0n) is 18.7. The summed E-state index contributed by atoms with van der Waals surface area (Å²) in [6, 6.07) is 8.27. The summed E-state index contributed by atoms with van der Waals surface area (Å²) in [6.07, 6.45) is 2.36. The summed E-state index contributed by atoms with van der Waals surface area (Å²) in [6.45, 7) is 10.7. The van der Waals surface area contributed by atoms with Gasteiger partial charge in [0.15, 0.2) is 9.84 Å². The number of sulfone groups is 1. The van der Waals surface area contributed by atoms with Crippen molar-refractivity contribution >= 4 is 21.4 Å². The number of carbonyl (C=O) groups excluding carboxylic acids is 1. The first-order valence-corrected chi connectivity index (χ1v) is 12.8. The molecule has 1 amide bonds. The van der Waals surface area contributed by atoms with Crippen LogP contribution in [-0.4, -0.2) is 68.6 Å². The number of anilines is 1. The lowest BCUT2D eigenvalue weighted by Crippen LogP contribution is -2.45. The average molecular weight is 437 g/mol. The van der Waals surface area contributed by atoms with E-state index in [1.165, 1.54) is 5.69 Å². The van der Waals surface area contributed by atoms with Crippen LogP contribution in [-0.2, 0) is 25.8 Å². The van der Waals surface area contributed by atoms with Crippen molar-refractivity contribution in [3.05, 3.63) is 29.8 Å². The van der Waals surface area contributed by atoms with Crippen LogP contribution in [0, 0.1) is 5.92 Å². The van der Waals surface area contributed by atoms with Crippen molar-refractivity contribution in [1.29, 1.82) is 0 Å². The minimum Gasteiger partial charge on any atom is -0.372 e. The Kier molecular flexibility index (Phi) is 7.45. The number of likely N-dealkylation sites (tertiary alicyclic amines) is 1. The molecule has 0 aromatic heterocycles. The van der Waals surface area contributed by atoms with Gasteiger partial charge in [0.25, 0.3) is 0 Å². The summed E-state index contributed by atoms with van der Waals surface area (Å²) in [5.74, 6) is 0.535. The number of hydrogen-bond acceptors (Lipinski definition) is 5. The van der Waals surface area contributed by atoms with Crippen molar-refractivity contribution in [1.82, 2.24) is 4.90 Å². The lowest BCUT2D eigenvalue weighted by molar-refractivity contribution is -0.131. The first-order chi connectivity index (χ1) is 14.1. The molecule has 30 heavy (non-hydrogen) atoms. The molecular formula is C23H36N2O4S. The fraction of sp³-hybridized carbons (Fsp3) is 0.696. The number of ether oxygens (including phenoxy) is 1. The number of piperidine rings is 1. The maximum absolute atomic E-state index is 12.7.